The molecule has 2 N–H and O–H groups in total. The van der Waals surface area contributed by atoms with Crippen molar-refractivity contribution in [1.29, 1.82) is 0 Å². The number of aromatic amines is 1. The third-order valence-electron chi connectivity index (χ3n) is 6.09. The smallest absolute Gasteiger partial charge is 0.127 e. The summed E-state index contributed by atoms with van der Waals surface area (Å²) < 4.78 is 0. The Labute approximate surface area is 192 Å². The zero-order valence-corrected chi connectivity index (χ0v) is 19.8. The first kappa shape index (κ1) is 20.8. The minimum atomic E-state index is 0.313. The lowest BCUT2D eigenvalue weighted by Crippen LogP contribution is -2.21. The molecule has 5 rings (SSSR count). The fourth-order valence-corrected chi connectivity index (χ4v) is 5.30. The van der Waals surface area contributed by atoms with Gasteiger partial charge in [0, 0.05) is 35.8 Å². The average Bonchev–Trinajstić information content (AvgIpc) is 3.33. The Bertz CT molecular complexity index is 1250. The van der Waals surface area contributed by atoms with Crippen molar-refractivity contribution in [1.82, 2.24) is 25.1 Å². The molecule has 0 bridgehead atoms. The van der Waals surface area contributed by atoms with Gasteiger partial charge < -0.3 is 5.32 Å². The third-order valence-corrected chi connectivity index (χ3v) is 7.19. The van der Waals surface area contributed by atoms with E-state index < -0.39 is 0 Å². The maximum Gasteiger partial charge on any atom is 0.127 e. The second-order valence-corrected chi connectivity index (χ2v) is 10.6. The molecule has 0 amide bonds. The van der Waals surface area contributed by atoms with Gasteiger partial charge in [0.2, 0.25) is 0 Å². The SMILES string of the molecule is Cc1nc(C)c(-c2cc(-c3n[nH]c4c3CCC(C)(C)C4)cc(NCc3cccnc3)n2)s1. The minimum absolute atomic E-state index is 0.313. The van der Waals surface area contributed by atoms with Gasteiger partial charge in [0.05, 0.1) is 27.0 Å². The van der Waals surface area contributed by atoms with Gasteiger partial charge in [-0.25, -0.2) is 9.97 Å². The van der Waals surface area contributed by atoms with E-state index in [2.05, 4.69) is 59.4 Å². The zero-order valence-electron chi connectivity index (χ0n) is 19.0. The number of aryl methyl sites for hydroxylation is 2. The molecule has 164 valence electrons. The number of fused-ring (bicyclic) bond motifs is 1. The van der Waals surface area contributed by atoms with Crippen LogP contribution < -0.4 is 5.32 Å². The fraction of sp³-hybridized carbons (Fsp3) is 0.360. The van der Waals surface area contributed by atoms with Gasteiger partial charge in [-0.1, -0.05) is 19.9 Å². The summed E-state index contributed by atoms with van der Waals surface area (Å²) in [6.07, 6.45) is 6.91. The lowest BCUT2D eigenvalue weighted by atomic mass is 9.76. The third kappa shape index (κ3) is 4.17. The van der Waals surface area contributed by atoms with E-state index in [1.54, 1.807) is 17.5 Å². The summed E-state index contributed by atoms with van der Waals surface area (Å²) >= 11 is 1.69. The van der Waals surface area contributed by atoms with Crippen molar-refractivity contribution in [2.45, 2.75) is 53.5 Å². The van der Waals surface area contributed by atoms with Gasteiger partial charge in [0.25, 0.3) is 0 Å². The second-order valence-electron chi connectivity index (χ2n) is 9.36. The first-order chi connectivity index (χ1) is 15.4. The van der Waals surface area contributed by atoms with E-state index in [0.29, 0.717) is 12.0 Å². The van der Waals surface area contributed by atoms with Gasteiger partial charge in [-0.2, -0.15) is 5.10 Å². The number of nitrogens with zero attached hydrogens (tertiary/aromatic N) is 4. The van der Waals surface area contributed by atoms with Crippen molar-refractivity contribution in [3.63, 3.8) is 0 Å². The predicted molar refractivity (Wildman–Crippen MR) is 130 cm³/mol. The van der Waals surface area contributed by atoms with Crippen LogP contribution in [-0.2, 0) is 19.4 Å². The topological polar surface area (TPSA) is 79.4 Å². The van der Waals surface area contributed by atoms with Gasteiger partial charge in [0.1, 0.15) is 5.82 Å². The van der Waals surface area contributed by atoms with E-state index in [0.717, 1.165) is 56.8 Å². The first-order valence-corrected chi connectivity index (χ1v) is 11.9. The summed E-state index contributed by atoms with van der Waals surface area (Å²) in [5, 5.41) is 12.6. The number of nitrogens with one attached hydrogen (secondary N) is 2. The molecule has 0 spiro atoms. The highest BCUT2D eigenvalue weighted by atomic mass is 32.1. The largest absolute Gasteiger partial charge is 0.366 e. The van der Waals surface area contributed by atoms with Crippen molar-refractivity contribution in [2.75, 3.05) is 5.32 Å². The Kier molecular flexibility index (Phi) is 5.29. The molecule has 4 heterocycles. The van der Waals surface area contributed by atoms with Crippen LogP contribution >= 0.6 is 11.3 Å². The Morgan fingerprint density at radius 2 is 2.06 bits per heavy atom. The van der Waals surface area contributed by atoms with Crippen LogP contribution in [-0.4, -0.2) is 25.1 Å². The van der Waals surface area contributed by atoms with E-state index in [4.69, 9.17) is 10.1 Å². The molecule has 0 aromatic carbocycles. The van der Waals surface area contributed by atoms with E-state index in [1.165, 1.54) is 17.7 Å². The van der Waals surface area contributed by atoms with Gasteiger partial charge in [-0.15, -0.1) is 11.3 Å². The van der Waals surface area contributed by atoms with Crippen LogP contribution in [0.15, 0.2) is 36.7 Å². The highest BCUT2D eigenvalue weighted by Gasteiger charge is 2.29. The number of aromatic nitrogens is 5. The zero-order chi connectivity index (χ0) is 22.3. The molecule has 0 saturated carbocycles. The molecule has 0 saturated heterocycles. The number of pyridine rings is 2. The molecule has 4 aromatic heterocycles. The Morgan fingerprint density at radius 1 is 1.19 bits per heavy atom. The normalized spacial score (nSPS) is 14.9. The molecule has 7 heteroatoms. The van der Waals surface area contributed by atoms with Crippen LogP contribution in [0.1, 0.15) is 47.8 Å². The molecule has 0 aliphatic heterocycles. The second kappa shape index (κ2) is 8.13. The van der Waals surface area contributed by atoms with Crippen LogP contribution in [0.2, 0.25) is 0 Å². The van der Waals surface area contributed by atoms with Gasteiger partial charge >= 0.3 is 0 Å². The van der Waals surface area contributed by atoms with Crippen molar-refractivity contribution >= 4 is 17.2 Å². The quantitative estimate of drug-likeness (QED) is 0.411. The summed E-state index contributed by atoms with van der Waals surface area (Å²) in [6.45, 7) is 9.41. The molecule has 0 fully saturated rings. The molecule has 6 nitrogen and oxygen atoms in total. The van der Waals surface area contributed by atoms with Crippen molar-refractivity contribution in [3.8, 4) is 21.8 Å². The lowest BCUT2D eigenvalue weighted by molar-refractivity contribution is 0.312. The molecule has 4 aromatic rings. The molecule has 0 unspecified atom stereocenters. The standard InChI is InChI=1S/C25H28N6S/c1-15-24(32-16(2)28-15)20-10-18(11-22(29-20)27-14-17-6-5-9-26-13-17)23-19-7-8-25(3,4)12-21(19)30-31-23/h5-6,9-11,13H,7-8,12,14H2,1-4H3,(H,27,29)(H,30,31). The van der Waals surface area contributed by atoms with Gasteiger partial charge in [0.15, 0.2) is 0 Å². The molecule has 32 heavy (non-hydrogen) atoms. The predicted octanol–water partition coefficient (Wildman–Crippen LogP) is 5.73. The highest BCUT2D eigenvalue weighted by molar-refractivity contribution is 7.15. The molecule has 0 atom stereocenters. The maximum absolute atomic E-state index is 4.94. The Morgan fingerprint density at radius 3 is 2.81 bits per heavy atom. The molecule has 1 aliphatic carbocycles. The maximum atomic E-state index is 4.94. The molecular formula is C25H28N6S. The molecular weight excluding hydrogens is 416 g/mol. The summed E-state index contributed by atoms with van der Waals surface area (Å²) in [5.41, 5.74) is 8.13. The van der Waals surface area contributed by atoms with E-state index in [9.17, 15) is 0 Å². The van der Waals surface area contributed by atoms with Gasteiger partial charge in [-0.3, -0.25) is 10.1 Å². The van der Waals surface area contributed by atoms with Crippen LogP contribution in [0.25, 0.3) is 21.8 Å². The number of H-pyrrole nitrogens is 1. The summed E-state index contributed by atoms with van der Waals surface area (Å²) in [7, 11) is 0. The van der Waals surface area contributed by atoms with E-state index >= 15 is 0 Å². The summed E-state index contributed by atoms with van der Waals surface area (Å²) in [4.78, 5) is 14.9. The first-order valence-electron chi connectivity index (χ1n) is 11.0. The Hall–Kier alpha value is -3.06. The number of rotatable bonds is 5. The summed E-state index contributed by atoms with van der Waals surface area (Å²) in [6, 6.07) is 8.28. The number of hydrogen-bond acceptors (Lipinski definition) is 6. The van der Waals surface area contributed by atoms with Crippen molar-refractivity contribution in [3.05, 3.63) is 64.2 Å². The van der Waals surface area contributed by atoms with E-state index in [-0.39, 0.29) is 0 Å². The lowest BCUT2D eigenvalue weighted by Gasteiger charge is -2.29. The fourth-order valence-electron chi connectivity index (χ4n) is 4.42. The monoisotopic (exact) mass is 444 g/mol. The number of anilines is 1. The van der Waals surface area contributed by atoms with E-state index in [1.807, 2.05) is 19.2 Å². The van der Waals surface area contributed by atoms with Crippen molar-refractivity contribution in [2.24, 2.45) is 5.41 Å². The van der Waals surface area contributed by atoms with Crippen LogP contribution in [0.3, 0.4) is 0 Å². The minimum Gasteiger partial charge on any atom is -0.366 e. The van der Waals surface area contributed by atoms with Crippen LogP contribution in [0.4, 0.5) is 5.82 Å². The van der Waals surface area contributed by atoms with Crippen LogP contribution in [0, 0.1) is 19.3 Å². The average molecular weight is 445 g/mol. The number of thiazole rings is 1. The molecule has 0 radical (unpaired) electrons. The van der Waals surface area contributed by atoms with Gasteiger partial charge in [-0.05, 0) is 62.3 Å². The Balaban J connectivity index is 1.56. The number of hydrogen-bond donors (Lipinski definition) is 2. The van der Waals surface area contributed by atoms with Crippen molar-refractivity contribution < 1.29 is 0 Å². The summed E-state index contributed by atoms with van der Waals surface area (Å²) in [5.74, 6) is 0.833. The highest BCUT2D eigenvalue weighted by Crippen LogP contribution is 2.39. The van der Waals surface area contributed by atoms with Crippen LogP contribution in [0.5, 0.6) is 0 Å². The molecule has 1 aliphatic rings.